The standard InChI is InChI=1S/C12H11BrClFN2/c1-7-11(13)8(2)17(16-7)12-9(6-14)4-3-5-10(12)15/h3-5H,6H2,1-2H3. The summed E-state index contributed by atoms with van der Waals surface area (Å²) in [5, 5.41) is 4.32. The number of nitrogens with zero attached hydrogens (tertiary/aromatic N) is 2. The molecule has 1 aromatic carbocycles. The van der Waals surface area contributed by atoms with Crippen molar-refractivity contribution in [3.8, 4) is 5.69 Å². The fourth-order valence-electron chi connectivity index (χ4n) is 1.75. The molecule has 0 atom stereocenters. The van der Waals surface area contributed by atoms with Gasteiger partial charge in [0.2, 0.25) is 0 Å². The van der Waals surface area contributed by atoms with Crippen LogP contribution in [-0.4, -0.2) is 9.78 Å². The summed E-state index contributed by atoms with van der Waals surface area (Å²) in [5.41, 5.74) is 2.84. The minimum atomic E-state index is -0.318. The molecule has 0 amide bonds. The Bertz CT molecular complexity index is 566. The zero-order valence-corrected chi connectivity index (χ0v) is 11.8. The molecular formula is C12H11BrClFN2. The highest BCUT2D eigenvalue weighted by Crippen LogP contribution is 2.27. The van der Waals surface area contributed by atoms with Crippen molar-refractivity contribution in [1.29, 1.82) is 0 Å². The maximum absolute atomic E-state index is 13.9. The molecule has 0 N–H and O–H groups in total. The molecule has 0 unspecified atom stereocenters. The maximum atomic E-state index is 13.9. The predicted octanol–water partition coefficient (Wildman–Crippen LogP) is 4.13. The van der Waals surface area contributed by atoms with Crippen molar-refractivity contribution in [1.82, 2.24) is 9.78 Å². The van der Waals surface area contributed by atoms with Gasteiger partial charge in [0.05, 0.1) is 15.9 Å². The van der Waals surface area contributed by atoms with Crippen molar-refractivity contribution >= 4 is 27.5 Å². The molecule has 2 nitrogen and oxygen atoms in total. The Morgan fingerprint density at radius 3 is 2.65 bits per heavy atom. The van der Waals surface area contributed by atoms with E-state index in [1.165, 1.54) is 6.07 Å². The molecule has 0 saturated carbocycles. The molecule has 0 spiro atoms. The number of halogens is 3. The van der Waals surface area contributed by atoms with Crippen molar-refractivity contribution in [2.24, 2.45) is 0 Å². The van der Waals surface area contributed by atoms with Crippen molar-refractivity contribution in [2.45, 2.75) is 19.7 Å². The number of rotatable bonds is 2. The van der Waals surface area contributed by atoms with Crippen LogP contribution in [0, 0.1) is 19.7 Å². The van der Waals surface area contributed by atoms with Gasteiger partial charge in [0.1, 0.15) is 11.5 Å². The first-order valence-electron chi connectivity index (χ1n) is 5.11. The predicted molar refractivity (Wildman–Crippen MR) is 70.3 cm³/mol. The van der Waals surface area contributed by atoms with Gasteiger partial charge in [0.15, 0.2) is 0 Å². The van der Waals surface area contributed by atoms with Crippen LogP contribution in [0.5, 0.6) is 0 Å². The van der Waals surface area contributed by atoms with Gasteiger partial charge in [-0.15, -0.1) is 11.6 Å². The first kappa shape index (κ1) is 12.6. The van der Waals surface area contributed by atoms with Gasteiger partial charge in [-0.1, -0.05) is 12.1 Å². The number of alkyl halides is 1. The van der Waals surface area contributed by atoms with Gasteiger partial charge in [-0.25, -0.2) is 9.07 Å². The number of benzene rings is 1. The third-order valence-electron chi connectivity index (χ3n) is 2.63. The van der Waals surface area contributed by atoms with E-state index in [-0.39, 0.29) is 11.7 Å². The number of hydrogen-bond donors (Lipinski definition) is 0. The van der Waals surface area contributed by atoms with Gasteiger partial charge < -0.3 is 0 Å². The lowest BCUT2D eigenvalue weighted by atomic mass is 10.2. The van der Waals surface area contributed by atoms with E-state index in [4.69, 9.17) is 11.6 Å². The first-order valence-corrected chi connectivity index (χ1v) is 6.44. The highest BCUT2D eigenvalue weighted by atomic mass is 79.9. The minimum absolute atomic E-state index is 0.253. The Morgan fingerprint density at radius 1 is 1.41 bits per heavy atom. The third-order valence-corrected chi connectivity index (χ3v) is 4.06. The Kier molecular flexibility index (Phi) is 3.54. The molecule has 0 aliphatic carbocycles. The van der Waals surface area contributed by atoms with Gasteiger partial charge in [-0.05, 0) is 41.4 Å². The van der Waals surface area contributed by atoms with Crippen LogP contribution in [0.2, 0.25) is 0 Å². The molecule has 1 heterocycles. The number of para-hydroxylation sites is 1. The van der Waals surface area contributed by atoms with Crippen LogP contribution in [-0.2, 0) is 5.88 Å². The van der Waals surface area contributed by atoms with E-state index in [0.29, 0.717) is 5.69 Å². The molecule has 0 bridgehead atoms. The molecular weight excluding hydrogens is 307 g/mol. The summed E-state index contributed by atoms with van der Waals surface area (Å²) in [4.78, 5) is 0. The van der Waals surface area contributed by atoms with E-state index >= 15 is 0 Å². The summed E-state index contributed by atoms with van der Waals surface area (Å²) in [6.07, 6.45) is 0. The average Bonchev–Trinajstić information content (AvgIpc) is 2.56. The van der Waals surface area contributed by atoms with Crippen LogP contribution < -0.4 is 0 Å². The Morgan fingerprint density at radius 2 is 2.12 bits per heavy atom. The van der Waals surface area contributed by atoms with Crippen molar-refractivity contribution in [3.63, 3.8) is 0 Å². The van der Waals surface area contributed by atoms with Gasteiger partial charge in [-0.2, -0.15) is 5.10 Å². The molecule has 5 heteroatoms. The molecule has 0 aliphatic rings. The Hall–Kier alpha value is -0.870. The molecule has 90 valence electrons. The Balaban J connectivity index is 2.72. The van der Waals surface area contributed by atoms with Crippen LogP contribution in [0.3, 0.4) is 0 Å². The zero-order chi connectivity index (χ0) is 12.6. The highest BCUT2D eigenvalue weighted by molar-refractivity contribution is 9.10. The van der Waals surface area contributed by atoms with Crippen molar-refractivity contribution in [2.75, 3.05) is 0 Å². The second-order valence-corrected chi connectivity index (χ2v) is 4.84. The summed E-state index contributed by atoms with van der Waals surface area (Å²) >= 11 is 9.26. The van der Waals surface area contributed by atoms with E-state index < -0.39 is 0 Å². The van der Waals surface area contributed by atoms with Crippen LogP contribution in [0.1, 0.15) is 17.0 Å². The highest BCUT2D eigenvalue weighted by Gasteiger charge is 2.16. The van der Waals surface area contributed by atoms with Crippen LogP contribution in [0.15, 0.2) is 22.7 Å². The summed E-state index contributed by atoms with van der Waals surface area (Å²) in [6.45, 7) is 3.75. The van der Waals surface area contributed by atoms with Gasteiger partial charge in [-0.3, -0.25) is 0 Å². The summed E-state index contributed by atoms with van der Waals surface area (Å²) in [7, 11) is 0. The molecule has 0 radical (unpaired) electrons. The fourth-order valence-corrected chi connectivity index (χ4v) is 2.21. The van der Waals surface area contributed by atoms with E-state index in [1.54, 1.807) is 16.8 Å². The lowest BCUT2D eigenvalue weighted by molar-refractivity contribution is 0.605. The quantitative estimate of drug-likeness (QED) is 0.762. The van der Waals surface area contributed by atoms with E-state index in [0.717, 1.165) is 21.4 Å². The van der Waals surface area contributed by atoms with Crippen molar-refractivity contribution in [3.05, 3.63) is 45.4 Å². The molecule has 0 saturated heterocycles. The van der Waals surface area contributed by atoms with E-state index in [9.17, 15) is 4.39 Å². The third kappa shape index (κ3) is 2.11. The smallest absolute Gasteiger partial charge is 0.149 e. The van der Waals surface area contributed by atoms with Crippen LogP contribution in [0.25, 0.3) is 5.69 Å². The average molecular weight is 318 g/mol. The lowest BCUT2D eigenvalue weighted by Crippen LogP contribution is -2.05. The number of aryl methyl sites for hydroxylation is 1. The molecule has 1 aromatic heterocycles. The molecule has 0 fully saturated rings. The molecule has 0 aliphatic heterocycles. The zero-order valence-electron chi connectivity index (χ0n) is 9.47. The van der Waals surface area contributed by atoms with Crippen LogP contribution in [0.4, 0.5) is 4.39 Å². The lowest BCUT2D eigenvalue weighted by Gasteiger charge is -2.10. The van der Waals surface area contributed by atoms with E-state index in [2.05, 4.69) is 21.0 Å². The number of aromatic nitrogens is 2. The molecule has 17 heavy (non-hydrogen) atoms. The summed E-state index contributed by atoms with van der Waals surface area (Å²) in [6, 6.07) is 4.86. The van der Waals surface area contributed by atoms with Gasteiger partial charge >= 0.3 is 0 Å². The first-order chi connectivity index (χ1) is 8.06. The second-order valence-electron chi connectivity index (χ2n) is 3.78. The van der Waals surface area contributed by atoms with Crippen LogP contribution >= 0.6 is 27.5 Å². The Labute approximate surface area is 113 Å². The second kappa shape index (κ2) is 4.78. The van der Waals surface area contributed by atoms with Crippen molar-refractivity contribution < 1.29 is 4.39 Å². The monoisotopic (exact) mass is 316 g/mol. The topological polar surface area (TPSA) is 17.8 Å². The maximum Gasteiger partial charge on any atom is 0.149 e. The SMILES string of the molecule is Cc1nn(-c2c(F)cccc2CCl)c(C)c1Br. The van der Waals surface area contributed by atoms with Gasteiger partial charge in [0, 0.05) is 5.88 Å². The number of hydrogen-bond acceptors (Lipinski definition) is 1. The minimum Gasteiger partial charge on any atom is -0.233 e. The molecule has 2 aromatic rings. The largest absolute Gasteiger partial charge is 0.233 e. The van der Waals surface area contributed by atoms with E-state index in [1.807, 2.05) is 13.8 Å². The normalized spacial score (nSPS) is 10.9. The fraction of sp³-hybridized carbons (Fsp3) is 0.250. The molecule has 2 rings (SSSR count). The van der Waals surface area contributed by atoms with Gasteiger partial charge in [0.25, 0.3) is 0 Å². The summed E-state index contributed by atoms with van der Waals surface area (Å²) in [5.74, 6) is -0.0653. The summed E-state index contributed by atoms with van der Waals surface area (Å²) < 4.78 is 16.4.